The standard InChI is InChI=1S/C21H20N4O3S/c1-4-15-9-19(21(26)22-14-7-16(27-2)10-17(8-14)28-3)23-20-11-18(24-25(15)20)13-5-6-29-12-13/h5-12H,4H2,1-3H3,(H,22,26). The number of nitrogens with zero attached hydrogens (tertiary/aromatic N) is 3. The normalized spacial score (nSPS) is 10.9. The number of thiophene rings is 1. The smallest absolute Gasteiger partial charge is 0.274 e. The first kappa shape index (κ1) is 18.9. The highest BCUT2D eigenvalue weighted by molar-refractivity contribution is 7.08. The number of carbonyl (C=O) groups excluding carboxylic acids is 1. The third kappa shape index (κ3) is 3.79. The van der Waals surface area contributed by atoms with Crippen LogP contribution in [-0.2, 0) is 6.42 Å². The molecule has 0 radical (unpaired) electrons. The first-order valence-corrected chi connectivity index (χ1v) is 10.0. The molecular formula is C21H20N4O3S. The van der Waals surface area contributed by atoms with Crippen molar-refractivity contribution in [3.63, 3.8) is 0 Å². The minimum absolute atomic E-state index is 0.309. The average Bonchev–Trinajstić information content (AvgIpc) is 3.42. The van der Waals surface area contributed by atoms with Gasteiger partial charge in [-0.05, 0) is 23.9 Å². The average molecular weight is 408 g/mol. The molecule has 0 bridgehead atoms. The third-order valence-corrected chi connectivity index (χ3v) is 5.21. The van der Waals surface area contributed by atoms with E-state index in [1.54, 1.807) is 54.3 Å². The molecule has 3 heterocycles. The van der Waals surface area contributed by atoms with Crippen LogP contribution in [0.2, 0.25) is 0 Å². The summed E-state index contributed by atoms with van der Waals surface area (Å²) in [6.07, 6.45) is 0.719. The molecule has 3 aromatic heterocycles. The predicted octanol–water partition coefficient (Wildman–Crippen LogP) is 4.29. The molecule has 1 aromatic carbocycles. The van der Waals surface area contributed by atoms with E-state index in [1.807, 2.05) is 29.8 Å². The Morgan fingerprint density at radius 1 is 1.14 bits per heavy atom. The molecule has 1 N–H and O–H groups in total. The maximum Gasteiger partial charge on any atom is 0.274 e. The van der Waals surface area contributed by atoms with Crippen LogP contribution >= 0.6 is 11.3 Å². The van der Waals surface area contributed by atoms with Gasteiger partial charge in [-0.1, -0.05) is 6.92 Å². The molecule has 0 aliphatic rings. The Hall–Kier alpha value is -3.39. The van der Waals surface area contributed by atoms with E-state index in [9.17, 15) is 4.79 Å². The minimum Gasteiger partial charge on any atom is -0.497 e. The molecule has 0 saturated heterocycles. The van der Waals surface area contributed by atoms with Crippen molar-refractivity contribution in [1.29, 1.82) is 0 Å². The highest BCUT2D eigenvalue weighted by atomic mass is 32.1. The van der Waals surface area contributed by atoms with Crippen molar-refractivity contribution in [3.8, 4) is 22.8 Å². The molecule has 0 aliphatic heterocycles. The molecule has 0 unspecified atom stereocenters. The lowest BCUT2D eigenvalue weighted by molar-refractivity contribution is 0.102. The van der Waals surface area contributed by atoms with Gasteiger partial charge in [0.2, 0.25) is 0 Å². The van der Waals surface area contributed by atoms with Gasteiger partial charge in [-0.25, -0.2) is 9.50 Å². The van der Waals surface area contributed by atoms with Gasteiger partial charge in [0.25, 0.3) is 5.91 Å². The number of ether oxygens (including phenoxy) is 2. The number of nitrogens with one attached hydrogen (secondary N) is 1. The van der Waals surface area contributed by atoms with Crippen LogP contribution in [0.3, 0.4) is 0 Å². The summed E-state index contributed by atoms with van der Waals surface area (Å²) in [5.74, 6) is 0.873. The molecule has 4 rings (SSSR count). The Kier molecular flexibility index (Phi) is 5.18. The molecule has 0 saturated carbocycles. The largest absolute Gasteiger partial charge is 0.497 e. The summed E-state index contributed by atoms with van der Waals surface area (Å²) in [4.78, 5) is 17.4. The fourth-order valence-corrected chi connectivity index (χ4v) is 3.68. The van der Waals surface area contributed by atoms with Crippen LogP contribution in [0, 0.1) is 0 Å². The second-order valence-electron chi connectivity index (χ2n) is 6.35. The van der Waals surface area contributed by atoms with Crippen LogP contribution in [-0.4, -0.2) is 34.7 Å². The molecule has 0 atom stereocenters. The van der Waals surface area contributed by atoms with Gasteiger partial charge in [0.15, 0.2) is 5.65 Å². The molecule has 7 nitrogen and oxygen atoms in total. The maximum absolute atomic E-state index is 12.9. The van der Waals surface area contributed by atoms with E-state index in [2.05, 4.69) is 15.4 Å². The number of fused-ring (bicyclic) bond motifs is 1. The van der Waals surface area contributed by atoms with Gasteiger partial charge in [-0.2, -0.15) is 16.4 Å². The van der Waals surface area contributed by atoms with E-state index in [0.717, 1.165) is 23.4 Å². The fourth-order valence-electron chi connectivity index (χ4n) is 3.03. The summed E-state index contributed by atoms with van der Waals surface area (Å²) in [7, 11) is 3.13. The maximum atomic E-state index is 12.9. The van der Waals surface area contributed by atoms with E-state index in [0.29, 0.717) is 28.5 Å². The lowest BCUT2D eigenvalue weighted by atomic mass is 10.2. The highest BCUT2D eigenvalue weighted by Gasteiger charge is 2.15. The van der Waals surface area contributed by atoms with Crippen molar-refractivity contribution >= 4 is 28.6 Å². The zero-order valence-electron chi connectivity index (χ0n) is 16.3. The van der Waals surface area contributed by atoms with Crippen LogP contribution in [0.1, 0.15) is 23.1 Å². The van der Waals surface area contributed by atoms with Gasteiger partial charge in [0, 0.05) is 46.6 Å². The molecule has 0 aliphatic carbocycles. The van der Waals surface area contributed by atoms with Crippen molar-refractivity contribution in [2.75, 3.05) is 19.5 Å². The summed E-state index contributed by atoms with van der Waals surface area (Å²) in [5, 5.41) is 11.6. The van der Waals surface area contributed by atoms with Crippen molar-refractivity contribution < 1.29 is 14.3 Å². The second kappa shape index (κ2) is 7.92. The molecule has 1 amide bonds. The molecule has 0 spiro atoms. The molecule has 8 heteroatoms. The fraction of sp³-hybridized carbons (Fsp3) is 0.190. The lowest BCUT2D eigenvalue weighted by Gasteiger charge is -2.10. The Morgan fingerprint density at radius 3 is 2.52 bits per heavy atom. The van der Waals surface area contributed by atoms with Crippen LogP contribution in [0.15, 0.2) is 47.2 Å². The molecular weight excluding hydrogens is 388 g/mol. The SMILES string of the molecule is CCc1cc(C(=O)Nc2cc(OC)cc(OC)c2)nc2cc(-c3ccsc3)nn12. The topological polar surface area (TPSA) is 77.8 Å². The van der Waals surface area contributed by atoms with E-state index >= 15 is 0 Å². The van der Waals surface area contributed by atoms with E-state index in [-0.39, 0.29) is 5.91 Å². The number of hydrogen-bond acceptors (Lipinski definition) is 6. The summed E-state index contributed by atoms with van der Waals surface area (Å²) in [5.41, 5.74) is 4.32. The summed E-state index contributed by atoms with van der Waals surface area (Å²) in [6.45, 7) is 2.02. The van der Waals surface area contributed by atoms with Gasteiger partial charge in [-0.15, -0.1) is 0 Å². The van der Waals surface area contributed by atoms with E-state index in [4.69, 9.17) is 9.47 Å². The highest BCUT2D eigenvalue weighted by Crippen LogP contribution is 2.26. The van der Waals surface area contributed by atoms with Crippen molar-refractivity contribution in [1.82, 2.24) is 14.6 Å². The van der Waals surface area contributed by atoms with Crippen molar-refractivity contribution in [2.24, 2.45) is 0 Å². The van der Waals surface area contributed by atoms with Gasteiger partial charge < -0.3 is 14.8 Å². The number of hydrogen-bond donors (Lipinski definition) is 1. The lowest BCUT2D eigenvalue weighted by Crippen LogP contribution is -2.16. The van der Waals surface area contributed by atoms with Crippen LogP contribution in [0.25, 0.3) is 16.9 Å². The number of methoxy groups -OCH3 is 2. The van der Waals surface area contributed by atoms with Crippen LogP contribution in [0.4, 0.5) is 5.69 Å². The van der Waals surface area contributed by atoms with Crippen LogP contribution in [0.5, 0.6) is 11.5 Å². The molecule has 4 aromatic rings. The predicted molar refractivity (Wildman–Crippen MR) is 113 cm³/mol. The number of rotatable bonds is 6. The zero-order chi connectivity index (χ0) is 20.4. The van der Waals surface area contributed by atoms with Gasteiger partial charge >= 0.3 is 0 Å². The Balaban J connectivity index is 1.69. The summed E-state index contributed by atoms with van der Waals surface area (Å²) in [6, 6.07) is 10.9. The van der Waals surface area contributed by atoms with Crippen molar-refractivity contribution in [3.05, 3.63) is 58.5 Å². The number of benzene rings is 1. The Labute approximate surface area is 171 Å². The Morgan fingerprint density at radius 2 is 1.90 bits per heavy atom. The number of amides is 1. The quantitative estimate of drug-likeness (QED) is 0.515. The summed E-state index contributed by atoms with van der Waals surface area (Å²) >= 11 is 1.62. The summed E-state index contributed by atoms with van der Waals surface area (Å²) < 4.78 is 12.3. The number of aromatic nitrogens is 3. The number of aryl methyl sites for hydroxylation is 1. The van der Waals surface area contributed by atoms with Gasteiger partial charge in [-0.3, -0.25) is 4.79 Å². The zero-order valence-corrected chi connectivity index (χ0v) is 17.1. The first-order valence-electron chi connectivity index (χ1n) is 9.08. The number of carbonyl (C=O) groups is 1. The van der Waals surface area contributed by atoms with E-state index in [1.165, 1.54) is 0 Å². The van der Waals surface area contributed by atoms with E-state index < -0.39 is 0 Å². The van der Waals surface area contributed by atoms with Gasteiger partial charge in [0.05, 0.1) is 19.9 Å². The molecule has 29 heavy (non-hydrogen) atoms. The Bertz CT molecular complexity index is 1150. The van der Waals surface area contributed by atoms with Gasteiger partial charge in [0.1, 0.15) is 17.2 Å². The molecule has 148 valence electrons. The third-order valence-electron chi connectivity index (χ3n) is 4.52. The second-order valence-corrected chi connectivity index (χ2v) is 7.13. The minimum atomic E-state index is -0.309. The number of anilines is 1. The monoisotopic (exact) mass is 408 g/mol. The molecule has 0 fully saturated rings. The van der Waals surface area contributed by atoms with Crippen molar-refractivity contribution in [2.45, 2.75) is 13.3 Å². The first-order chi connectivity index (χ1) is 14.1. The van der Waals surface area contributed by atoms with Crippen LogP contribution < -0.4 is 14.8 Å².